The number of sulfonamides is 1. The summed E-state index contributed by atoms with van der Waals surface area (Å²) in [5.74, 6) is -1.67. The minimum absolute atomic E-state index is 0.0156. The van der Waals surface area contributed by atoms with Gasteiger partial charge in [-0.15, -0.1) is 0 Å². The molecule has 11 heteroatoms. The molecule has 30 heavy (non-hydrogen) atoms. The van der Waals surface area contributed by atoms with E-state index < -0.39 is 40.6 Å². The molecule has 3 amide bonds. The first kappa shape index (κ1) is 21.0. The highest BCUT2D eigenvalue weighted by Crippen LogP contribution is 2.22. The number of fused-ring (bicyclic) bond motifs is 1. The Labute approximate surface area is 172 Å². The summed E-state index contributed by atoms with van der Waals surface area (Å²) in [4.78, 5) is 39.8. The van der Waals surface area contributed by atoms with E-state index >= 15 is 0 Å². The zero-order valence-electron chi connectivity index (χ0n) is 15.8. The molecule has 0 bridgehead atoms. The van der Waals surface area contributed by atoms with Crippen molar-refractivity contribution in [1.82, 2.24) is 10.0 Å². The van der Waals surface area contributed by atoms with Gasteiger partial charge in [-0.2, -0.15) is 0 Å². The fourth-order valence-electron chi connectivity index (χ4n) is 2.58. The molecule has 156 valence electrons. The molecular formula is C19H18N4O6S. The number of anilines is 1. The van der Waals surface area contributed by atoms with Gasteiger partial charge in [0.2, 0.25) is 0 Å². The molecule has 1 aliphatic rings. The van der Waals surface area contributed by atoms with Crippen LogP contribution in [-0.2, 0) is 24.3 Å². The summed E-state index contributed by atoms with van der Waals surface area (Å²) in [7, 11) is -3.72. The van der Waals surface area contributed by atoms with E-state index in [2.05, 4.69) is 20.3 Å². The van der Waals surface area contributed by atoms with Crippen molar-refractivity contribution in [1.29, 1.82) is 0 Å². The first-order valence-electron chi connectivity index (χ1n) is 8.79. The van der Waals surface area contributed by atoms with Crippen LogP contribution in [0.25, 0.3) is 0 Å². The number of benzene rings is 2. The molecule has 0 radical (unpaired) electrons. The predicted molar refractivity (Wildman–Crippen MR) is 107 cm³/mol. The standard InChI is InChI=1S/C19H18N4O6S/c1-12(18(25)22-19(26)21-13-7-3-2-4-8-13)29-16(24)11-20-17-14-9-5-6-10-15(14)30(27,28)23-17/h2-10,12H,11H2,1H3,(H,20,23)(H2,21,22,25,26). The topological polar surface area (TPSA) is 143 Å². The van der Waals surface area contributed by atoms with Crippen molar-refractivity contribution in [3.8, 4) is 0 Å². The van der Waals surface area contributed by atoms with Gasteiger partial charge in [0.1, 0.15) is 12.4 Å². The number of carbonyl (C=O) groups excluding carboxylic acids is 3. The SMILES string of the molecule is CC(OC(=O)CN=C1NS(=O)(=O)c2ccccc21)C(=O)NC(=O)Nc1ccccc1. The maximum Gasteiger partial charge on any atom is 0.328 e. The molecule has 0 saturated carbocycles. The second-order valence-electron chi connectivity index (χ2n) is 6.21. The lowest BCUT2D eigenvalue weighted by atomic mass is 10.2. The van der Waals surface area contributed by atoms with Gasteiger partial charge in [-0.05, 0) is 31.2 Å². The number of nitrogens with zero attached hydrogens (tertiary/aromatic N) is 1. The number of para-hydroxylation sites is 1. The first-order chi connectivity index (χ1) is 14.3. The number of ether oxygens (including phenoxy) is 1. The largest absolute Gasteiger partial charge is 0.451 e. The monoisotopic (exact) mass is 430 g/mol. The van der Waals surface area contributed by atoms with Gasteiger partial charge in [-0.3, -0.25) is 24.6 Å². The molecule has 3 rings (SSSR count). The number of amidine groups is 1. The van der Waals surface area contributed by atoms with E-state index in [0.29, 0.717) is 11.3 Å². The maximum absolute atomic E-state index is 12.0. The molecule has 2 aromatic rings. The summed E-state index contributed by atoms with van der Waals surface area (Å²) in [6, 6.07) is 13.9. The van der Waals surface area contributed by atoms with Gasteiger partial charge in [0, 0.05) is 11.3 Å². The summed E-state index contributed by atoms with van der Waals surface area (Å²) in [6.07, 6.45) is -1.26. The highest BCUT2D eigenvalue weighted by Gasteiger charge is 2.30. The van der Waals surface area contributed by atoms with Crippen LogP contribution in [0.1, 0.15) is 12.5 Å². The molecule has 1 aliphatic heterocycles. The second kappa shape index (κ2) is 8.74. The second-order valence-corrected chi connectivity index (χ2v) is 7.86. The Balaban J connectivity index is 1.53. The van der Waals surface area contributed by atoms with Crippen molar-refractivity contribution in [2.45, 2.75) is 17.9 Å². The van der Waals surface area contributed by atoms with Gasteiger partial charge in [0.15, 0.2) is 6.10 Å². The summed E-state index contributed by atoms with van der Waals surface area (Å²) < 4.78 is 31.2. The number of carbonyl (C=O) groups is 3. The van der Waals surface area contributed by atoms with Crippen LogP contribution in [0.15, 0.2) is 64.5 Å². The van der Waals surface area contributed by atoms with E-state index in [1.54, 1.807) is 48.5 Å². The van der Waals surface area contributed by atoms with Gasteiger partial charge in [-0.25, -0.2) is 13.2 Å². The molecule has 0 aromatic heterocycles. The van der Waals surface area contributed by atoms with Crippen LogP contribution >= 0.6 is 0 Å². The third-order valence-electron chi connectivity index (χ3n) is 3.97. The molecule has 0 fully saturated rings. The van der Waals surface area contributed by atoms with Gasteiger partial charge >= 0.3 is 12.0 Å². The number of esters is 1. The fraction of sp³-hybridized carbons (Fsp3) is 0.158. The molecule has 0 saturated heterocycles. The Morgan fingerprint density at radius 1 is 1.07 bits per heavy atom. The van der Waals surface area contributed by atoms with Crippen LogP contribution in [-0.4, -0.2) is 44.8 Å². The minimum Gasteiger partial charge on any atom is -0.451 e. The van der Waals surface area contributed by atoms with Crippen molar-refractivity contribution in [2.75, 3.05) is 11.9 Å². The number of rotatable bonds is 5. The van der Waals surface area contributed by atoms with Crippen LogP contribution in [0, 0.1) is 0 Å². The molecular weight excluding hydrogens is 412 g/mol. The van der Waals surface area contributed by atoms with Crippen molar-refractivity contribution >= 4 is 39.5 Å². The third kappa shape index (κ3) is 5.00. The number of imide groups is 1. The van der Waals surface area contributed by atoms with Crippen molar-refractivity contribution < 1.29 is 27.5 Å². The number of hydrogen-bond acceptors (Lipinski definition) is 7. The number of aliphatic imine (C=N–C) groups is 1. The third-order valence-corrected chi connectivity index (χ3v) is 5.37. The Morgan fingerprint density at radius 3 is 2.47 bits per heavy atom. The summed E-state index contributed by atoms with van der Waals surface area (Å²) in [6.45, 7) is 0.782. The Bertz CT molecular complexity index is 1110. The van der Waals surface area contributed by atoms with Crippen LogP contribution in [0.4, 0.5) is 10.5 Å². The van der Waals surface area contributed by atoms with Gasteiger partial charge < -0.3 is 10.1 Å². The normalized spacial score (nSPS) is 16.1. The van der Waals surface area contributed by atoms with Crippen LogP contribution in [0.5, 0.6) is 0 Å². The molecule has 0 aliphatic carbocycles. The van der Waals surface area contributed by atoms with Crippen LogP contribution in [0.2, 0.25) is 0 Å². The minimum atomic E-state index is -3.72. The Hall–Kier alpha value is -3.73. The van der Waals surface area contributed by atoms with Gasteiger partial charge in [-0.1, -0.05) is 30.3 Å². The van der Waals surface area contributed by atoms with Crippen molar-refractivity contribution in [3.63, 3.8) is 0 Å². The van der Waals surface area contributed by atoms with E-state index in [0.717, 1.165) is 0 Å². The molecule has 1 atom stereocenters. The maximum atomic E-state index is 12.0. The molecule has 1 heterocycles. The van der Waals surface area contributed by atoms with E-state index in [1.807, 2.05) is 0 Å². The van der Waals surface area contributed by atoms with Gasteiger partial charge in [0.25, 0.3) is 15.9 Å². The van der Waals surface area contributed by atoms with E-state index in [1.165, 1.54) is 13.0 Å². The average molecular weight is 430 g/mol. The number of nitrogens with one attached hydrogen (secondary N) is 3. The number of hydrogen-bond donors (Lipinski definition) is 3. The molecule has 3 N–H and O–H groups in total. The average Bonchev–Trinajstić information content (AvgIpc) is 2.97. The van der Waals surface area contributed by atoms with E-state index in [4.69, 9.17) is 4.74 Å². The van der Waals surface area contributed by atoms with Gasteiger partial charge in [0.05, 0.1) is 4.90 Å². The highest BCUT2D eigenvalue weighted by molar-refractivity contribution is 7.90. The quantitative estimate of drug-likeness (QED) is 0.604. The Morgan fingerprint density at radius 2 is 1.73 bits per heavy atom. The zero-order valence-corrected chi connectivity index (χ0v) is 16.6. The Kier molecular flexibility index (Phi) is 6.11. The number of amides is 3. The number of urea groups is 1. The van der Waals surface area contributed by atoms with E-state index in [-0.39, 0.29) is 10.7 Å². The summed E-state index contributed by atoms with van der Waals surface area (Å²) >= 11 is 0. The molecule has 0 spiro atoms. The molecule has 2 aromatic carbocycles. The van der Waals surface area contributed by atoms with Crippen molar-refractivity contribution in [2.24, 2.45) is 4.99 Å². The highest BCUT2D eigenvalue weighted by atomic mass is 32.2. The summed E-state index contributed by atoms with van der Waals surface area (Å²) in [5.41, 5.74) is 0.830. The lowest BCUT2D eigenvalue weighted by molar-refractivity contribution is -0.152. The first-order valence-corrected chi connectivity index (χ1v) is 10.3. The van der Waals surface area contributed by atoms with E-state index in [9.17, 15) is 22.8 Å². The zero-order chi connectivity index (χ0) is 21.7. The molecule has 10 nitrogen and oxygen atoms in total. The smallest absolute Gasteiger partial charge is 0.328 e. The fourth-order valence-corrected chi connectivity index (χ4v) is 3.83. The van der Waals surface area contributed by atoms with Crippen LogP contribution in [0.3, 0.4) is 0 Å². The van der Waals surface area contributed by atoms with Crippen molar-refractivity contribution in [3.05, 3.63) is 60.2 Å². The molecule has 1 unspecified atom stereocenters. The predicted octanol–water partition coefficient (Wildman–Crippen LogP) is 1.01. The van der Waals surface area contributed by atoms with Crippen LogP contribution < -0.4 is 15.4 Å². The summed E-state index contributed by atoms with van der Waals surface area (Å²) in [5, 5.41) is 4.52. The lowest BCUT2D eigenvalue weighted by Crippen LogP contribution is -2.42. The lowest BCUT2D eigenvalue weighted by Gasteiger charge is -2.12.